The van der Waals surface area contributed by atoms with Gasteiger partial charge in [-0.2, -0.15) is 0 Å². The zero-order valence-electron chi connectivity index (χ0n) is 12.5. The van der Waals surface area contributed by atoms with E-state index < -0.39 is 8.07 Å². The van der Waals surface area contributed by atoms with Crippen LogP contribution in [-0.2, 0) is 0 Å². The zero-order chi connectivity index (χ0) is 15.3. The summed E-state index contributed by atoms with van der Waals surface area (Å²) in [6.07, 6.45) is 1.76. The quantitative estimate of drug-likeness (QED) is 0.607. The van der Waals surface area contributed by atoms with Gasteiger partial charge in [-0.1, -0.05) is 84.8 Å². The molecule has 108 valence electrons. The molecule has 2 aromatic carbocycles. The third kappa shape index (κ3) is 2.88. The average molecular weight is 296 g/mol. The Labute approximate surface area is 126 Å². The van der Waals surface area contributed by atoms with E-state index in [1.165, 1.54) is 10.4 Å². The van der Waals surface area contributed by atoms with Gasteiger partial charge in [0.15, 0.2) is 0 Å². The molecule has 0 radical (unpaired) electrons. The number of hydrogen-bond acceptors (Lipinski definition) is 2. The van der Waals surface area contributed by atoms with E-state index in [4.69, 9.17) is 0 Å². The first-order valence-corrected chi connectivity index (χ1v) is 9.73. The first-order valence-electron chi connectivity index (χ1n) is 7.31. The lowest BCUT2D eigenvalue weighted by Crippen LogP contribution is -2.57. The van der Waals surface area contributed by atoms with Gasteiger partial charge in [0.25, 0.3) is 0 Å². The molecule has 0 aromatic heterocycles. The maximum Gasteiger partial charge on any atom is 0.150 e. The summed E-state index contributed by atoms with van der Waals surface area (Å²) in [6, 6.07) is 18.2. The van der Waals surface area contributed by atoms with Crippen LogP contribution >= 0.6 is 0 Å². The number of carbonyl (C=O) groups excluding carboxylic acids is 2. The standard InChI is InChI=1S/C18H20O2Si/c1-3-21(4-2,17-9-5-15(13-19)6-10-17)18-11-7-16(14-20)8-12-18/h5-14H,3-4H2,1-2H3. The molecule has 0 saturated carbocycles. The number of hydrogen-bond donors (Lipinski definition) is 0. The van der Waals surface area contributed by atoms with Crippen LogP contribution in [0.25, 0.3) is 0 Å². The summed E-state index contributed by atoms with van der Waals surface area (Å²) < 4.78 is 0. The molecule has 2 aromatic rings. The minimum absolute atomic E-state index is 0.713. The smallest absolute Gasteiger partial charge is 0.150 e. The minimum atomic E-state index is -1.80. The molecule has 2 rings (SSSR count). The highest BCUT2D eigenvalue weighted by atomic mass is 28.3. The Bertz CT molecular complexity index is 557. The van der Waals surface area contributed by atoms with Crippen molar-refractivity contribution >= 4 is 31.0 Å². The fraction of sp³-hybridized carbons (Fsp3) is 0.222. The third-order valence-corrected chi connectivity index (χ3v) is 9.70. The van der Waals surface area contributed by atoms with Crippen LogP contribution in [0.5, 0.6) is 0 Å². The number of aldehydes is 2. The number of benzene rings is 2. The molecule has 0 spiro atoms. The van der Waals surface area contributed by atoms with Gasteiger partial charge in [-0.05, 0) is 0 Å². The summed E-state index contributed by atoms with van der Waals surface area (Å²) in [5.74, 6) is 0. The van der Waals surface area contributed by atoms with Gasteiger partial charge in [0.05, 0.1) is 0 Å². The van der Waals surface area contributed by atoms with E-state index in [1.54, 1.807) is 0 Å². The van der Waals surface area contributed by atoms with Crippen molar-refractivity contribution in [1.29, 1.82) is 0 Å². The largest absolute Gasteiger partial charge is 0.298 e. The lowest BCUT2D eigenvalue weighted by atomic mass is 10.2. The van der Waals surface area contributed by atoms with E-state index in [0.29, 0.717) is 11.1 Å². The van der Waals surface area contributed by atoms with E-state index in [2.05, 4.69) is 38.1 Å². The topological polar surface area (TPSA) is 34.1 Å². The molecule has 0 heterocycles. The number of carbonyl (C=O) groups is 2. The molecule has 0 saturated heterocycles. The maximum atomic E-state index is 10.8. The van der Waals surface area contributed by atoms with Crippen LogP contribution in [0.1, 0.15) is 34.6 Å². The van der Waals surface area contributed by atoms with Gasteiger partial charge in [-0.3, -0.25) is 9.59 Å². The van der Waals surface area contributed by atoms with E-state index in [-0.39, 0.29) is 0 Å². The minimum Gasteiger partial charge on any atom is -0.298 e. The summed E-state index contributed by atoms with van der Waals surface area (Å²) >= 11 is 0. The lowest BCUT2D eigenvalue weighted by molar-refractivity contribution is 0.111. The van der Waals surface area contributed by atoms with Crippen LogP contribution in [0, 0.1) is 0 Å². The maximum absolute atomic E-state index is 10.8. The Morgan fingerprint density at radius 3 is 1.29 bits per heavy atom. The van der Waals surface area contributed by atoms with E-state index in [9.17, 15) is 9.59 Å². The summed E-state index contributed by atoms with van der Waals surface area (Å²) in [4.78, 5) is 21.7. The first-order chi connectivity index (χ1) is 10.2. The lowest BCUT2D eigenvalue weighted by Gasteiger charge is -2.31. The van der Waals surface area contributed by atoms with Gasteiger partial charge in [-0.15, -0.1) is 0 Å². The van der Waals surface area contributed by atoms with Crippen molar-refractivity contribution in [1.82, 2.24) is 0 Å². The highest BCUT2D eigenvalue weighted by molar-refractivity contribution is 7.02. The zero-order valence-corrected chi connectivity index (χ0v) is 13.5. The van der Waals surface area contributed by atoms with Crippen LogP contribution in [0.4, 0.5) is 0 Å². The molecule has 0 fully saturated rings. The fourth-order valence-corrected chi connectivity index (χ4v) is 7.07. The van der Waals surface area contributed by atoms with Gasteiger partial charge < -0.3 is 0 Å². The Morgan fingerprint density at radius 1 is 0.714 bits per heavy atom. The number of rotatable bonds is 6. The van der Waals surface area contributed by atoms with Crippen LogP contribution in [0.15, 0.2) is 48.5 Å². The van der Waals surface area contributed by atoms with Crippen molar-refractivity contribution in [2.45, 2.75) is 25.9 Å². The second kappa shape index (κ2) is 6.63. The fourth-order valence-electron chi connectivity index (χ4n) is 2.99. The average Bonchev–Trinajstić information content (AvgIpc) is 2.57. The molecular formula is C18H20O2Si. The summed E-state index contributed by atoms with van der Waals surface area (Å²) in [7, 11) is -1.80. The first kappa shape index (κ1) is 15.4. The van der Waals surface area contributed by atoms with Crippen molar-refractivity contribution < 1.29 is 9.59 Å². The molecular weight excluding hydrogens is 276 g/mol. The Balaban J connectivity index is 2.51. The normalized spacial score (nSPS) is 11.1. The second-order valence-electron chi connectivity index (χ2n) is 5.27. The van der Waals surface area contributed by atoms with Gasteiger partial charge in [-0.25, -0.2) is 0 Å². The Morgan fingerprint density at radius 2 is 1.05 bits per heavy atom. The Kier molecular flexibility index (Phi) is 4.86. The molecule has 0 aliphatic rings. The van der Waals surface area contributed by atoms with Gasteiger partial charge >= 0.3 is 0 Å². The molecule has 2 nitrogen and oxygen atoms in total. The predicted octanol–water partition coefficient (Wildman–Crippen LogP) is 2.91. The second-order valence-corrected chi connectivity index (χ2v) is 10.0. The van der Waals surface area contributed by atoms with Crippen molar-refractivity contribution in [3.63, 3.8) is 0 Å². The highest BCUT2D eigenvalue weighted by Crippen LogP contribution is 2.16. The highest BCUT2D eigenvalue weighted by Gasteiger charge is 2.33. The van der Waals surface area contributed by atoms with Crippen LogP contribution in [0.2, 0.25) is 12.1 Å². The van der Waals surface area contributed by atoms with Crippen LogP contribution in [0.3, 0.4) is 0 Å². The molecule has 3 heteroatoms. The van der Waals surface area contributed by atoms with Crippen molar-refractivity contribution in [2.75, 3.05) is 0 Å². The van der Waals surface area contributed by atoms with Crippen LogP contribution in [-0.4, -0.2) is 20.6 Å². The molecule has 0 bridgehead atoms. The summed E-state index contributed by atoms with van der Waals surface area (Å²) in [5, 5.41) is 2.69. The molecule has 0 unspecified atom stereocenters. The molecule has 0 atom stereocenters. The molecule has 0 aliphatic carbocycles. The SMILES string of the molecule is CC[Si](CC)(c1ccc(C=O)cc1)c1ccc(C=O)cc1. The van der Waals surface area contributed by atoms with Gasteiger partial charge in [0.1, 0.15) is 20.6 Å². The third-order valence-electron chi connectivity index (χ3n) is 4.41. The van der Waals surface area contributed by atoms with Gasteiger partial charge in [0, 0.05) is 11.1 Å². The van der Waals surface area contributed by atoms with Gasteiger partial charge in [0.2, 0.25) is 0 Å². The summed E-state index contributed by atoms with van der Waals surface area (Å²) in [6.45, 7) is 4.47. The van der Waals surface area contributed by atoms with Crippen molar-refractivity contribution in [3.8, 4) is 0 Å². The van der Waals surface area contributed by atoms with E-state index in [1.807, 2.05) is 24.3 Å². The Hall–Kier alpha value is -2.00. The van der Waals surface area contributed by atoms with Crippen molar-refractivity contribution in [2.24, 2.45) is 0 Å². The molecule has 0 aliphatic heterocycles. The monoisotopic (exact) mass is 296 g/mol. The molecule has 21 heavy (non-hydrogen) atoms. The summed E-state index contributed by atoms with van der Waals surface area (Å²) in [5.41, 5.74) is 1.43. The molecule has 0 amide bonds. The predicted molar refractivity (Wildman–Crippen MR) is 89.6 cm³/mol. The van der Waals surface area contributed by atoms with Crippen molar-refractivity contribution in [3.05, 3.63) is 59.7 Å². The molecule has 0 N–H and O–H groups in total. The van der Waals surface area contributed by atoms with E-state index in [0.717, 1.165) is 24.7 Å². The van der Waals surface area contributed by atoms with E-state index >= 15 is 0 Å². The van der Waals surface area contributed by atoms with Crippen LogP contribution < -0.4 is 10.4 Å².